The summed E-state index contributed by atoms with van der Waals surface area (Å²) in [6.07, 6.45) is 4.25. The predicted octanol–water partition coefficient (Wildman–Crippen LogP) is 1.72. The second-order valence-electron chi connectivity index (χ2n) is 3.33. The first-order valence-electron chi connectivity index (χ1n) is 4.74. The number of likely N-dealkylation sites (N-methyl/N-ethyl adjacent to an activating group) is 1. The summed E-state index contributed by atoms with van der Waals surface area (Å²) in [6.45, 7) is 0.879. The molecule has 13 heavy (non-hydrogen) atoms. The fourth-order valence-electron chi connectivity index (χ4n) is 1.85. The normalized spacial score (nSPS) is 24.8. The van der Waals surface area contributed by atoms with Gasteiger partial charge in [0, 0.05) is 6.61 Å². The van der Waals surface area contributed by atoms with Crippen molar-refractivity contribution >= 4 is 0 Å². The fourth-order valence-corrected chi connectivity index (χ4v) is 1.85. The summed E-state index contributed by atoms with van der Waals surface area (Å²) in [5.41, 5.74) is 0. The van der Waals surface area contributed by atoms with Gasteiger partial charge in [-0.25, -0.2) is 0 Å². The minimum absolute atomic E-state index is 0.206. The molecule has 0 radical (unpaired) electrons. The molecule has 0 aliphatic carbocycles. The lowest BCUT2D eigenvalue weighted by atomic mass is 10.1. The Bertz CT molecular complexity index is 239. The molecule has 1 aromatic rings. The lowest BCUT2D eigenvalue weighted by Crippen LogP contribution is -2.28. The van der Waals surface area contributed by atoms with Crippen LogP contribution in [-0.2, 0) is 4.74 Å². The van der Waals surface area contributed by atoms with Crippen molar-refractivity contribution in [3.05, 3.63) is 24.2 Å². The largest absolute Gasteiger partial charge is 0.468 e. The van der Waals surface area contributed by atoms with Gasteiger partial charge in [0.25, 0.3) is 0 Å². The van der Waals surface area contributed by atoms with Crippen LogP contribution in [0, 0.1) is 0 Å². The van der Waals surface area contributed by atoms with Crippen molar-refractivity contribution in [2.75, 3.05) is 13.7 Å². The van der Waals surface area contributed by atoms with E-state index in [0.29, 0.717) is 0 Å². The molecule has 72 valence electrons. The maximum atomic E-state index is 5.61. The minimum atomic E-state index is 0.206. The summed E-state index contributed by atoms with van der Waals surface area (Å²) in [6, 6.07) is 4.11. The summed E-state index contributed by atoms with van der Waals surface area (Å²) in [5, 5.41) is 3.23. The van der Waals surface area contributed by atoms with E-state index < -0.39 is 0 Å². The highest BCUT2D eigenvalue weighted by Crippen LogP contribution is 2.26. The summed E-state index contributed by atoms with van der Waals surface area (Å²) in [4.78, 5) is 0. The van der Waals surface area contributed by atoms with E-state index in [1.165, 1.54) is 0 Å². The average Bonchev–Trinajstić information content (AvgIpc) is 2.76. The SMILES string of the molecule is CNC(c1ccco1)C1CCCO1. The third kappa shape index (κ3) is 1.76. The van der Waals surface area contributed by atoms with Gasteiger partial charge in [-0.1, -0.05) is 0 Å². The number of nitrogens with one attached hydrogen (secondary N) is 1. The van der Waals surface area contributed by atoms with Crippen molar-refractivity contribution < 1.29 is 9.15 Å². The van der Waals surface area contributed by atoms with Crippen LogP contribution in [0.5, 0.6) is 0 Å². The van der Waals surface area contributed by atoms with Crippen molar-refractivity contribution in [2.24, 2.45) is 0 Å². The van der Waals surface area contributed by atoms with Crippen LogP contribution in [-0.4, -0.2) is 19.8 Å². The molecule has 1 N–H and O–H groups in total. The quantitative estimate of drug-likeness (QED) is 0.771. The zero-order valence-electron chi connectivity index (χ0n) is 7.82. The molecule has 2 unspecified atom stereocenters. The van der Waals surface area contributed by atoms with Gasteiger partial charge in [0.2, 0.25) is 0 Å². The van der Waals surface area contributed by atoms with Crippen LogP contribution in [0.25, 0.3) is 0 Å². The molecular formula is C10H15NO2. The van der Waals surface area contributed by atoms with Gasteiger partial charge in [-0.15, -0.1) is 0 Å². The summed E-state index contributed by atoms with van der Waals surface area (Å²) in [5.74, 6) is 0.967. The lowest BCUT2D eigenvalue weighted by Gasteiger charge is -2.19. The molecule has 0 amide bonds. The van der Waals surface area contributed by atoms with Gasteiger partial charge in [-0.2, -0.15) is 0 Å². The molecule has 0 saturated carbocycles. The molecule has 0 spiro atoms. The Kier molecular flexibility index (Phi) is 2.66. The summed E-state index contributed by atoms with van der Waals surface area (Å²) >= 11 is 0. The third-order valence-corrected chi connectivity index (χ3v) is 2.50. The zero-order chi connectivity index (χ0) is 9.10. The summed E-state index contributed by atoms with van der Waals surface area (Å²) < 4.78 is 11.0. The Morgan fingerprint density at radius 3 is 3.08 bits per heavy atom. The first kappa shape index (κ1) is 8.78. The van der Waals surface area contributed by atoms with E-state index in [1.54, 1.807) is 6.26 Å². The Labute approximate surface area is 78.1 Å². The lowest BCUT2D eigenvalue weighted by molar-refractivity contribution is 0.0738. The number of ether oxygens (including phenoxy) is 1. The molecule has 1 aliphatic rings. The monoisotopic (exact) mass is 181 g/mol. The van der Waals surface area contributed by atoms with E-state index in [0.717, 1.165) is 25.2 Å². The second kappa shape index (κ2) is 3.94. The number of hydrogen-bond acceptors (Lipinski definition) is 3. The predicted molar refractivity (Wildman–Crippen MR) is 49.5 cm³/mol. The second-order valence-corrected chi connectivity index (χ2v) is 3.33. The Morgan fingerprint density at radius 1 is 1.62 bits per heavy atom. The van der Waals surface area contributed by atoms with Crippen LogP contribution in [0.3, 0.4) is 0 Å². The van der Waals surface area contributed by atoms with Gasteiger partial charge in [-0.3, -0.25) is 0 Å². The van der Waals surface area contributed by atoms with Crippen LogP contribution in [0.4, 0.5) is 0 Å². The van der Waals surface area contributed by atoms with Gasteiger partial charge in [-0.05, 0) is 32.0 Å². The van der Waals surface area contributed by atoms with E-state index in [2.05, 4.69) is 5.32 Å². The third-order valence-electron chi connectivity index (χ3n) is 2.50. The molecule has 1 saturated heterocycles. The Morgan fingerprint density at radius 2 is 2.54 bits per heavy atom. The smallest absolute Gasteiger partial charge is 0.123 e. The number of rotatable bonds is 3. The van der Waals surface area contributed by atoms with Gasteiger partial charge in [0.05, 0.1) is 18.4 Å². The molecule has 2 rings (SSSR count). The van der Waals surface area contributed by atoms with Gasteiger partial charge < -0.3 is 14.5 Å². The highest BCUT2D eigenvalue weighted by molar-refractivity contribution is 5.06. The average molecular weight is 181 g/mol. The molecular weight excluding hydrogens is 166 g/mol. The van der Waals surface area contributed by atoms with Gasteiger partial charge in [0.1, 0.15) is 5.76 Å². The molecule has 1 aliphatic heterocycles. The molecule has 3 heteroatoms. The van der Waals surface area contributed by atoms with Gasteiger partial charge in [0.15, 0.2) is 0 Å². The van der Waals surface area contributed by atoms with Crippen molar-refractivity contribution in [3.63, 3.8) is 0 Å². The Hall–Kier alpha value is -0.800. The summed E-state index contributed by atoms with van der Waals surface area (Å²) in [7, 11) is 1.94. The zero-order valence-corrected chi connectivity index (χ0v) is 7.82. The van der Waals surface area contributed by atoms with Crippen LogP contribution < -0.4 is 5.32 Å². The first-order valence-corrected chi connectivity index (χ1v) is 4.74. The maximum absolute atomic E-state index is 5.61. The molecule has 2 heterocycles. The van der Waals surface area contributed by atoms with E-state index in [-0.39, 0.29) is 12.1 Å². The van der Waals surface area contributed by atoms with E-state index in [9.17, 15) is 0 Å². The standard InChI is InChI=1S/C10H15NO2/c1-11-10(8-4-2-6-12-8)9-5-3-7-13-9/h2,4,6,9-11H,3,5,7H2,1H3. The topological polar surface area (TPSA) is 34.4 Å². The molecule has 0 bridgehead atoms. The van der Waals surface area contributed by atoms with Crippen molar-refractivity contribution in [2.45, 2.75) is 25.0 Å². The highest BCUT2D eigenvalue weighted by atomic mass is 16.5. The van der Waals surface area contributed by atoms with Crippen molar-refractivity contribution in [3.8, 4) is 0 Å². The minimum Gasteiger partial charge on any atom is -0.468 e. The van der Waals surface area contributed by atoms with Crippen molar-refractivity contribution in [1.29, 1.82) is 0 Å². The fraction of sp³-hybridized carbons (Fsp3) is 0.600. The van der Waals surface area contributed by atoms with Crippen LogP contribution in [0.15, 0.2) is 22.8 Å². The molecule has 1 fully saturated rings. The Balaban J connectivity index is 2.08. The van der Waals surface area contributed by atoms with Gasteiger partial charge >= 0.3 is 0 Å². The van der Waals surface area contributed by atoms with E-state index >= 15 is 0 Å². The van der Waals surface area contributed by atoms with Crippen LogP contribution in [0.2, 0.25) is 0 Å². The van der Waals surface area contributed by atoms with E-state index in [1.807, 2.05) is 19.2 Å². The molecule has 2 atom stereocenters. The van der Waals surface area contributed by atoms with Crippen LogP contribution in [0.1, 0.15) is 24.6 Å². The van der Waals surface area contributed by atoms with Crippen molar-refractivity contribution in [1.82, 2.24) is 5.32 Å². The molecule has 3 nitrogen and oxygen atoms in total. The van der Waals surface area contributed by atoms with Crippen LogP contribution >= 0.6 is 0 Å². The first-order chi connectivity index (χ1) is 6.42. The molecule has 0 aromatic carbocycles. The molecule has 1 aromatic heterocycles. The highest BCUT2D eigenvalue weighted by Gasteiger charge is 2.27. The number of hydrogen-bond donors (Lipinski definition) is 1. The number of furan rings is 1. The maximum Gasteiger partial charge on any atom is 0.123 e. The van der Waals surface area contributed by atoms with E-state index in [4.69, 9.17) is 9.15 Å².